The van der Waals surface area contributed by atoms with Crippen molar-refractivity contribution in [1.82, 2.24) is 0 Å². The Morgan fingerprint density at radius 3 is 1.62 bits per heavy atom. The monoisotopic (exact) mass is 637 g/mol. The number of allylic oxidation sites excluding steroid dienone is 4. The lowest BCUT2D eigenvalue weighted by Crippen LogP contribution is -2.22. The van der Waals surface area contributed by atoms with Gasteiger partial charge in [-0.05, 0) is 70.1 Å². The summed E-state index contributed by atoms with van der Waals surface area (Å²) in [4.78, 5) is 12.7. The van der Waals surface area contributed by atoms with Crippen LogP contribution in [0.5, 0.6) is 0 Å². The van der Waals surface area contributed by atoms with Crippen molar-refractivity contribution in [3.05, 3.63) is 24.3 Å². The summed E-state index contributed by atoms with van der Waals surface area (Å²) in [5.74, 6) is 0.518. The van der Waals surface area contributed by atoms with Crippen LogP contribution in [0.25, 0.3) is 0 Å². The van der Waals surface area contributed by atoms with Crippen molar-refractivity contribution in [3.63, 3.8) is 0 Å². The number of rotatable bonds is 35. The first kappa shape index (κ1) is 43.8. The molecular formula is C40H76O5. The number of carbonyl (C=O) groups is 1. The number of aliphatic hydroxyl groups is 1. The van der Waals surface area contributed by atoms with E-state index >= 15 is 0 Å². The molecule has 2 atom stereocenters. The third kappa shape index (κ3) is 31.2. The zero-order valence-electron chi connectivity index (χ0n) is 30.4. The van der Waals surface area contributed by atoms with Gasteiger partial charge in [-0.1, -0.05) is 129 Å². The number of aliphatic hydroxyl groups excluding tert-OH is 1. The van der Waals surface area contributed by atoms with Crippen LogP contribution >= 0.6 is 0 Å². The molecule has 0 aromatic rings. The fourth-order valence-corrected chi connectivity index (χ4v) is 5.67. The minimum absolute atomic E-state index is 0.0171. The molecule has 1 N–H and O–H groups in total. The fraction of sp³-hybridized carbons (Fsp3) is 0.875. The molecule has 0 amide bonds. The third-order valence-electron chi connectivity index (χ3n) is 8.68. The van der Waals surface area contributed by atoms with Crippen LogP contribution in [-0.4, -0.2) is 43.8 Å². The van der Waals surface area contributed by atoms with Crippen LogP contribution in [0.1, 0.15) is 182 Å². The molecule has 0 saturated carbocycles. The third-order valence-corrected chi connectivity index (χ3v) is 8.68. The lowest BCUT2D eigenvalue weighted by molar-refractivity contribution is -0.160. The summed E-state index contributed by atoms with van der Waals surface area (Å²) in [5, 5.41) is 10.0. The Balaban J connectivity index is 4.60. The van der Waals surface area contributed by atoms with E-state index in [4.69, 9.17) is 14.2 Å². The van der Waals surface area contributed by atoms with E-state index in [2.05, 4.69) is 52.0 Å². The van der Waals surface area contributed by atoms with Gasteiger partial charge in [0.2, 0.25) is 0 Å². The highest BCUT2D eigenvalue weighted by molar-refractivity contribution is 5.69. The summed E-state index contributed by atoms with van der Waals surface area (Å²) in [5.41, 5.74) is 0. The van der Waals surface area contributed by atoms with E-state index in [1.54, 1.807) is 0 Å². The number of unbranched alkanes of at least 4 members (excludes halogenated alkanes) is 12. The summed E-state index contributed by atoms with van der Waals surface area (Å²) in [6.45, 7) is 10.5. The second-order valence-corrected chi connectivity index (χ2v) is 13.0. The Morgan fingerprint density at radius 1 is 0.578 bits per heavy atom. The first-order valence-corrected chi connectivity index (χ1v) is 19.4. The van der Waals surface area contributed by atoms with Gasteiger partial charge >= 0.3 is 5.97 Å². The van der Waals surface area contributed by atoms with E-state index in [1.165, 1.54) is 77.0 Å². The van der Waals surface area contributed by atoms with Gasteiger partial charge in [-0.25, -0.2) is 0 Å². The molecule has 0 heterocycles. The maximum Gasteiger partial charge on any atom is 0.305 e. The van der Waals surface area contributed by atoms with Gasteiger partial charge < -0.3 is 19.3 Å². The smallest absolute Gasteiger partial charge is 0.305 e. The average molecular weight is 637 g/mol. The summed E-state index contributed by atoms with van der Waals surface area (Å²) in [6, 6.07) is 0. The van der Waals surface area contributed by atoms with Crippen molar-refractivity contribution in [3.8, 4) is 0 Å². The van der Waals surface area contributed by atoms with Crippen molar-refractivity contribution < 1.29 is 24.1 Å². The molecule has 0 aliphatic rings. The molecule has 0 rings (SSSR count). The molecule has 0 spiro atoms. The van der Waals surface area contributed by atoms with Crippen LogP contribution < -0.4 is 0 Å². The summed E-state index contributed by atoms with van der Waals surface area (Å²) < 4.78 is 17.8. The molecule has 0 radical (unpaired) electrons. The van der Waals surface area contributed by atoms with Crippen molar-refractivity contribution in [2.45, 2.75) is 188 Å². The molecule has 0 aromatic carbocycles. The standard InChI is InChI=1S/C40H76O5/c1-5-9-13-17-20-24-28-37(27-23-16-12-8-4)29-30-38(35-41)36-45-39(42)31-32-40(43-33-25-21-18-14-10-6-2)44-34-26-22-19-15-11-7-3/h10-11,14-15,37-38,40-41H,5-9,12-13,16-36H2,1-4H3/b14-10-,15-11-. The van der Waals surface area contributed by atoms with Crippen LogP contribution in [-0.2, 0) is 19.0 Å². The van der Waals surface area contributed by atoms with Crippen LogP contribution in [0, 0.1) is 11.8 Å². The number of ether oxygens (including phenoxy) is 3. The van der Waals surface area contributed by atoms with E-state index in [9.17, 15) is 9.90 Å². The maximum absolute atomic E-state index is 12.7. The average Bonchev–Trinajstić information content (AvgIpc) is 3.05. The Bertz CT molecular complexity index is 637. The van der Waals surface area contributed by atoms with Gasteiger partial charge in [-0.15, -0.1) is 0 Å². The Kier molecular flexibility index (Phi) is 34.8. The lowest BCUT2D eigenvalue weighted by atomic mass is 9.88. The molecule has 0 aromatic heterocycles. The molecule has 2 unspecified atom stereocenters. The Morgan fingerprint density at radius 2 is 1.09 bits per heavy atom. The maximum atomic E-state index is 12.7. The lowest BCUT2D eigenvalue weighted by Gasteiger charge is -2.21. The van der Waals surface area contributed by atoms with Gasteiger partial charge in [0.1, 0.15) is 0 Å². The van der Waals surface area contributed by atoms with Crippen molar-refractivity contribution in [2.75, 3.05) is 26.4 Å². The molecule has 0 saturated heterocycles. The molecule has 0 fully saturated rings. The van der Waals surface area contributed by atoms with Gasteiger partial charge in [-0.3, -0.25) is 4.79 Å². The quantitative estimate of drug-likeness (QED) is 0.0324. The Labute approximate surface area is 280 Å². The van der Waals surface area contributed by atoms with Crippen LogP contribution in [0.4, 0.5) is 0 Å². The molecule has 0 bridgehead atoms. The fourth-order valence-electron chi connectivity index (χ4n) is 5.67. The Hall–Kier alpha value is -1.17. The highest BCUT2D eigenvalue weighted by Crippen LogP contribution is 2.25. The van der Waals surface area contributed by atoms with Gasteiger partial charge in [0.25, 0.3) is 0 Å². The number of carbonyl (C=O) groups excluding carboxylic acids is 1. The predicted molar refractivity (Wildman–Crippen MR) is 193 cm³/mol. The van der Waals surface area contributed by atoms with Crippen LogP contribution in [0.3, 0.4) is 0 Å². The predicted octanol–water partition coefficient (Wildman–Crippen LogP) is 11.7. The SMILES string of the molecule is CC/C=C\CCCCOC(CCC(=O)OCC(CO)CCC(CCCCCC)CCCCCCCC)OCCCC/C=C\CC. The van der Waals surface area contributed by atoms with E-state index in [-0.39, 0.29) is 31.2 Å². The van der Waals surface area contributed by atoms with Gasteiger partial charge in [-0.2, -0.15) is 0 Å². The van der Waals surface area contributed by atoms with Crippen LogP contribution in [0.2, 0.25) is 0 Å². The highest BCUT2D eigenvalue weighted by Gasteiger charge is 2.17. The number of hydrogen-bond donors (Lipinski definition) is 1. The molecule has 5 heteroatoms. The van der Waals surface area contributed by atoms with E-state index in [0.29, 0.717) is 26.2 Å². The second-order valence-electron chi connectivity index (χ2n) is 13.0. The number of esters is 1. The first-order chi connectivity index (χ1) is 22.1. The van der Waals surface area contributed by atoms with Gasteiger partial charge in [0.15, 0.2) is 6.29 Å². The normalized spacial score (nSPS) is 13.4. The first-order valence-electron chi connectivity index (χ1n) is 19.4. The van der Waals surface area contributed by atoms with Crippen molar-refractivity contribution >= 4 is 5.97 Å². The molecule has 266 valence electrons. The van der Waals surface area contributed by atoms with E-state index < -0.39 is 0 Å². The van der Waals surface area contributed by atoms with Crippen molar-refractivity contribution in [1.29, 1.82) is 0 Å². The summed E-state index contributed by atoms with van der Waals surface area (Å²) in [6.07, 6.45) is 35.6. The molecular weight excluding hydrogens is 560 g/mol. The van der Waals surface area contributed by atoms with Gasteiger partial charge in [0.05, 0.1) is 13.0 Å². The summed E-state index contributed by atoms with van der Waals surface area (Å²) in [7, 11) is 0. The zero-order chi connectivity index (χ0) is 33.1. The molecule has 0 aliphatic carbocycles. The minimum Gasteiger partial charge on any atom is -0.465 e. The second kappa shape index (κ2) is 35.7. The molecule has 0 aliphatic heterocycles. The number of hydrogen-bond acceptors (Lipinski definition) is 5. The minimum atomic E-state index is -0.376. The largest absolute Gasteiger partial charge is 0.465 e. The van der Waals surface area contributed by atoms with E-state index in [1.807, 2.05) is 0 Å². The zero-order valence-corrected chi connectivity index (χ0v) is 30.4. The van der Waals surface area contributed by atoms with Crippen molar-refractivity contribution in [2.24, 2.45) is 11.8 Å². The molecule has 5 nitrogen and oxygen atoms in total. The highest BCUT2D eigenvalue weighted by atomic mass is 16.7. The topological polar surface area (TPSA) is 65.0 Å². The summed E-state index contributed by atoms with van der Waals surface area (Å²) >= 11 is 0. The van der Waals surface area contributed by atoms with Gasteiger partial charge in [0, 0.05) is 32.2 Å². The molecule has 45 heavy (non-hydrogen) atoms. The van der Waals surface area contributed by atoms with E-state index in [0.717, 1.165) is 70.1 Å². The van der Waals surface area contributed by atoms with Crippen LogP contribution in [0.15, 0.2) is 24.3 Å².